The van der Waals surface area contributed by atoms with Gasteiger partial charge >= 0.3 is 0 Å². The quantitative estimate of drug-likeness (QED) is 0.699. The maximum atomic E-state index is 12.4. The zero-order chi connectivity index (χ0) is 15.9. The molecule has 5 heteroatoms. The molecule has 0 spiro atoms. The molecule has 2 aromatic rings. The van der Waals surface area contributed by atoms with E-state index < -0.39 is 0 Å². The van der Waals surface area contributed by atoms with E-state index in [0.717, 1.165) is 39.2 Å². The van der Waals surface area contributed by atoms with Crippen LogP contribution in [0.1, 0.15) is 33.6 Å². The number of aromatic nitrogens is 1. The molecule has 1 heterocycles. The number of anilines is 1. The summed E-state index contributed by atoms with van der Waals surface area (Å²) in [4.78, 5) is 17.1. The van der Waals surface area contributed by atoms with E-state index in [9.17, 15) is 4.79 Å². The predicted molar refractivity (Wildman–Crippen MR) is 96.6 cm³/mol. The second-order valence-corrected chi connectivity index (χ2v) is 7.47. The van der Waals surface area contributed by atoms with Crippen LogP contribution in [0.2, 0.25) is 0 Å². The number of nitrogens with zero attached hydrogens (tertiary/aromatic N) is 1. The number of thioether (sulfide) groups is 1. The fourth-order valence-corrected chi connectivity index (χ4v) is 4.20. The molecule has 0 aliphatic carbocycles. The van der Waals surface area contributed by atoms with Crippen LogP contribution in [0.5, 0.6) is 0 Å². The Morgan fingerprint density at radius 3 is 2.50 bits per heavy atom. The molecular formula is C17H22N2OS2. The molecule has 0 radical (unpaired) electrons. The second kappa shape index (κ2) is 8.34. The van der Waals surface area contributed by atoms with Crippen molar-refractivity contribution in [2.45, 2.75) is 38.0 Å². The molecule has 0 bridgehead atoms. The minimum Gasteiger partial charge on any atom is -0.316 e. The third-order valence-electron chi connectivity index (χ3n) is 3.52. The van der Waals surface area contributed by atoms with E-state index in [0.29, 0.717) is 0 Å². The van der Waals surface area contributed by atoms with Gasteiger partial charge < -0.3 is 5.32 Å². The Bertz CT molecular complexity index is 606. The van der Waals surface area contributed by atoms with E-state index in [1.165, 1.54) is 0 Å². The maximum absolute atomic E-state index is 12.4. The molecule has 0 aliphatic heterocycles. The normalized spacial score (nSPS) is 10.9. The second-order valence-electron chi connectivity index (χ2n) is 4.96. The van der Waals surface area contributed by atoms with E-state index in [1.54, 1.807) is 23.1 Å². The Labute approximate surface area is 140 Å². The van der Waals surface area contributed by atoms with Gasteiger partial charge in [-0.25, -0.2) is 4.98 Å². The first-order valence-corrected chi connectivity index (χ1v) is 9.49. The van der Waals surface area contributed by atoms with Crippen LogP contribution in [0.4, 0.5) is 5.00 Å². The van der Waals surface area contributed by atoms with E-state index >= 15 is 0 Å². The first-order valence-electron chi connectivity index (χ1n) is 7.69. The highest BCUT2D eigenvalue weighted by molar-refractivity contribution is 8.01. The fraction of sp³-hybridized carbons (Fsp3) is 0.412. The molecule has 0 fully saturated rings. The van der Waals surface area contributed by atoms with Gasteiger partial charge in [-0.1, -0.05) is 74.2 Å². The molecule has 0 saturated carbocycles. The van der Waals surface area contributed by atoms with Crippen LogP contribution in [-0.2, 0) is 4.79 Å². The van der Waals surface area contributed by atoms with Crippen LogP contribution < -0.4 is 5.32 Å². The summed E-state index contributed by atoms with van der Waals surface area (Å²) >= 11 is 3.27. The van der Waals surface area contributed by atoms with Gasteiger partial charge in [-0.2, -0.15) is 0 Å². The lowest BCUT2D eigenvalue weighted by Gasteiger charge is -2.12. The van der Waals surface area contributed by atoms with Crippen LogP contribution in [0.15, 0.2) is 34.7 Å². The van der Waals surface area contributed by atoms with Crippen molar-refractivity contribution in [1.29, 1.82) is 0 Å². The summed E-state index contributed by atoms with van der Waals surface area (Å²) in [6.07, 6.45) is 1.72. The number of thiazole rings is 1. The lowest BCUT2D eigenvalue weighted by atomic mass is 10.0. The lowest BCUT2D eigenvalue weighted by Crippen LogP contribution is -2.21. The summed E-state index contributed by atoms with van der Waals surface area (Å²) in [5.41, 5.74) is 1.92. The summed E-state index contributed by atoms with van der Waals surface area (Å²) in [7, 11) is 0. The van der Waals surface area contributed by atoms with Gasteiger partial charge in [0.2, 0.25) is 5.91 Å². The molecule has 118 valence electrons. The standard InChI is InChI=1S/C17H22N2OS2/c1-4-12(5-2)15(20)19-16-14(13-10-8-7-9-11-13)18-17(22-16)21-6-3/h7-12H,4-6H2,1-3H3,(H,19,20). The van der Waals surface area contributed by atoms with Crippen molar-refractivity contribution in [2.75, 3.05) is 11.1 Å². The summed E-state index contributed by atoms with van der Waals surface area (Å²) in [6, 6.07) is 10.0. The van der Waals surface area contributed by atoms with Gasteiger partial charge in [0.1, 0.15) is 10.7 Å². The average molecular weight is 335 g/mol. The molecule has 1 aromatic heterocycles. The molecule has 1 aromatic carbocycles. The number of carbonyl (C=O) groups excluding carboxylic acids is 1. The van der Waals surface area contributed by atoms with Gasteiger partial charge in [0, 0.05) is 11.5 Å². The van der Waals surface area contributed by atoms with Crippen LogP contribution in [0, 0.1) is 5.92 Å². The van der Waals surface area contributed by atoms with Crippen molar-refractivity contribution >= 4 is 34.0 Å². The first-order chi connectivity index (χ1) is 10.7. The van der Waals surface area contributed by atoms with Crippen molar-refractivity contribution in [2.24, 2.45) is 5.92 Å². The van der Waals surface area contributed by atoms with Gasteiger partial charge in [-0.15, -0.1) is 0 Å². The lowest BCUT2D eigenvalue weighted by molar-refractivity contribution is -0.120. The van der Waals surface area contributed by atoms with Crippen LogP contribution in [0.3, 0.4) is 0 Å². The van der Waals surface area contributed by atoms with Crippen molar-refractivity contribution in [1.82, 2.24) is 4.98 Å². The van der Waals surface area contributed by atoms with Gasteiger partial charge in [0.15, 0.2) is 4.34 Å². The third-order valence-corrected chi connectivity index (χ3v) is 5.51. The third kappa shape index (κ3) is 4.11. The van der Waals surface area contributed by atoms with Gasteiger partial charge in [-0.05, 0) is 18.6 Å². The summed E-state index contributed by atoms with van der Waals surface area (Å²) in [5, 5.41) is 3.95. The van der Waals surface area contributed by atoms with E-state index in [4.69, 9.17) is 4.98 Å². The Balaban J connectivity index is 2.31. The number of hydrogen-bond donors (Lipinski definition) is 1. The molecule has 0 unspecified atom stereocenters. The fourth-order valence-electron chi connectivity index (χ4n) is 2.24. The zero-order valence-electron chi connectivity index (χ0n) is 13.3. The largest absolute Gasteiger partial charge is 0.316 e. The van der Waals surface area contributed by atoms with Crippen molar-refractivity contribution in [3.05, 3.63) is 30.3 Å². The molecule has 22 heavy (non-hydrogen) atoms. The van der Waals surface area contributed by atoms with Crippen molar-refractivity contribution in [3.63, 3.8) is 0 Å². The van der Waals surface area contributed by atoms with Crippen LogP contribution in [-0.4, -0.2) is 16.6 Å². The number of rotatable bonds is 7. The summed E-state index contributed by atoms with van der Waals surface area (Å²) in [5.74, 6) is 1.13. The highest BCUT2D eigenvalue weighted by Crippen LogP contribution is 2.37. The monoisotopic (exact) mass is 334 g/mol. The number of benzene rings is 1. The van der Waals surface area contributed by atoms with Gasteiger partial charge in [-0.3, -0.25) is 4.79 Å². The molecule has 3 nitrogen and oxygen atoms in total. The molecule has 0 saturated heterocycles. The number of carbonyl (C=O) groups is 1. The van der Waals surface area contributed by atoms with Gasteiger partial charge in [0.25, 0.3) is 0 Å². The SMILES string of the molecule is CCSc1nc(-c2ccccc2)c(NC(=O)C(CC)CC)s1. The highest BCUT2D eigenvalue weighted by atomic mass is 32.2. The number of amides is 1. The van der Waals surface area contributed by atoms with E-state index in [2.05, 4.69) is 26.1 Å². The molecule has 1 amide bonds. The Morgan fingerprint density at radius 1 is 1.23 bits per heavy atom. The minimum absolute atomic E-state index is 0.0630. The van der Waals surface area contributed by atoms with E-state index in [1.807, 2.05) is 30.3 Å². The average Bonchev–Trinajstić information content (AvgIpc) is 2.92. The van der Waals surface area contributed by atoms with Crippen LogP contribution in [0.25, 0.3) is 11.3 Å². The molecule has 0 aliphatic rings. The maximum Gasteiger partial charge on any atom is 0.228 e. The molecule has 1 N–H and O–H groups in total. The molecular weight excluding hydrogens is 312 g/mol. The predicted octanol–water partition coefficient (Wildman–Crippen LogP) is 5.30. The first kappa shape index (κ1) is 17.0. The molecule has 2 rings (SSSR count). The van der Waals surface area contributed by atoms with E-state index in [-0.39, 0.29) is 11.8 Å². The number of hydrogen-bond acceptors (Lipinski definition) is 4. The van der Waals surface area contributed by atoms with Crippen LogP contribution >= 0.6 is 23.1 Å². The number of nitrogens with one attached hydrogen (secondary N) is 1. The Morgan fingerprint density at radius 2 is 1.91 bits per heavy atom. The topological polar surface area (TPSA) is 42.0 Å². The Kier molecular flexibility index (Phi) is 6.46. The molecule has 0 atom stereocenters. The minimum atomic E-state index is 0.0630. The summed E-state index contributed by atoms with van der Waals surface area (Å²) in [6.45, 7) is 6.21. The van der Waals surface area contributed by atoms with Gasteiger partial charge in [0.05, 0.1) is 0 Å². The smallest absolute Gasteiger partial charge is 0.228 e. The Hall–Kier alpha value is -1.33. The summed E-state index contributed by atoms with van der Waals surface area (Å²) < 4.78 is 1.00. The van der Waals surface area contributed by atoms with Crippen molar-refractivity contribution < 1.29 is 4.79 Å². The van der Waals surface area contributed by atoms with Crippen molar-refractivity contribution in [3.8, 4) is 11.3 Å². The zero-order valence-corrected chi connectivity index (χ0v) is 14.9. The highest BCUT2D eigenvalue weighted by Gasteiger charge is 2.19.